The first-order chi connectivity index (χ1) is 9.86. The minimum absolute atomic E-state index is 0.259. The molecule has 2 N–H and O–H groups in total. The summed E-state index contributed by atoms with van der Waals surface area (Å²) in [7, 11) is 0. The molecule has 1 aromatic heterocycles. The van der Waals surface area contributed by atoms with E-state index in [-0.39, 0.29) is 5.41 Å². The Balaban J connectivity index is 2.24. The van der Waals surface area contributed by atoms with Crippen molar-refractivity contribution in [1.82, 2.24) is 15.2 Å². The molecule has 0 aliphatic rings. The highest BCUT2D eigenvalue weighted by molar-refractivity contribution is 9.10. The monoisotopic (exact) mass is 349 g/mol. The number of H-pyrrole nitrogens is 1. The molecule has 0 atom stereocenters. The molecule has 0 aliphatic carbocycles. The molecule has 1 heterocycles. The number of hydrazone groups is 1. The van der Waals surface area contributed by atoms with Gasteiger partial charge in [0.1, 0.15) is 5.69 Å². The van der Waals surface area contributed by atoms with Crippen LogP contribution in [0.5, 0.6) is 0 Å². The van der Waals surface area contributed by atoms with Crippen LogP contribution in [-0.4, -0.2) is 21.4 Å². The van der Waals surface area contributed by atoms with Gasteiger partial charge in [-0.05, 0) is 17.7 Å². The van der Waals surface area contributed by atoms with E-state index in [0.29, 0.717) is 11.5 Å². The van der Waals surface area contributed by atoms with E-state index in [1.807, 2.05) is 45.0 Å². The number of hydrogen-bond donors (Lipinski definition) is 2. The molecule has 0 bridgehead atoms. The first-order valence-corrected chi connectivity index (χ1v) is 7.17. The third kappa shape index (κ3) is 4.22. The first-order valence-electron chi connectivity index (χ1n) is 6.38. The smallest absolute Gasteiger partial charge is 0.260 e. The Labute approximate surface area is 130 Å². The van der Waals surface area contributed by atoms with Crippen molar-refractivity contribution in [2.75, 3.05) is 5.43 Å². The Bertz CT molecular complexity index is 718. The molecule has 0 fully saturated rings. The number of anilines is 1. The summed E-state index contributed by atoms with van der Waals surface area (Å²) in [4.78, 5) is 15.2. The lowest BCUT2D eigenvalue weighted by atomic mass is 9.92. The molecule has 0 saturated heterocycles. The van der Waals surface area contributed by atoms with Gasteiger partial charge in [-0.3, -0.25) is 5.43 Å². The van der Waals surface area contributed by atoms with Crippen LogP contribution in [0.25, 0.3) is 0 Å². The van der Waals surface area contributed by atoms with E-state index in [1.54, 1.807) is 6.21 Å². The van der Waals surface area contributed by atoms with Crippen LogP contribution in [0.3, 0.4) is 0 Å². The minimum Gasteiger partial charge on any atom is -0.260 e. The summed E-state index contributed by atoms with van der Waals surface area (Å²) >= 11 is 3.40. The van der Waals surface area contributed by atoms with Crippen LogP contribution in [0.4, 0.5) is 5.82 Å². The van der Waals surface area contributed by atoms with Crippen LogP contribution >= 0.6 is 15.9 Å². The zero-order valence-corrected chi connectivity index (χ0v) is 13.6. The molecule has 0 saturated carbocycles. The predicted molar refractivity (Wildman–Crippen MR) is 86.7 cm³/mol. The van der Waals surface area contributed by atoms with E-state index in [2.05, 4.69) is 41.6 Å². The van der Waals surface area contributed by atoms with Crippen molar-refractivity contribution in [2.45, 2.75) is 26.2 Å². The second kappa shape index (κ2) is 6.17. The standard InChI is InChI=1S/C14H16BrN5O/c1-14(2,3)11-12(17-13(21)20-18-11)19-16-8-9-5-4-6-10(15)7-9/h4-8H,1-3H3,(H2,17,19,20,21)/b16-8+. The number of benzene rings is 1. The van der Waals surface area contributed by atoms with Gasteiger partial charge in [0.05, 0.1) is 6.21 Å². The zero-order valence-electron chi connectivity index (χ0n) is 12.0. The molecule has 0 unspecified atom stereocenters. The SMILES string of the molecule is CC(C)(C)c1n[nH]c(=O)nc1N/N=C/c1cccc(Br)c1. The van der Waals surface area contributed by atoms with Crippen LogP contribution in [0.15, 0.2) is 38.6 Å². The van der Waals surface area contributed by atoms with Crippen LogP contribution < -0.4 is 11.1 Å². The lowest BCUT2D eigenvalue weighted by Crippen LogP contribution is -2.24. The highest BCUT2D eigenvalue weighted by Crippen LogP contribution is 2.24. The Morgan fingerprint density at radius 1 is 1.38 bits per heavy atom. The van der Waals surface area contributed by atoms with Crippen molar-refractivity contribution in [3.05, 3.63) is 50.5 Å². The Morgan fingerprint density at radius 3 is 2.81 bits per heavy atom. The van der Waals surface area contributed by atoms with Crippen molar-refractivity contribution in [2.24, 2.45) is 5.10 Å². The molecule has 0 amide bonds. The van der Waals surface area contributed by atoms with E-state index in [1.165, 1.54) is 0 Å². The zero-order chi connectivity index (χ0) is 15.5. The Kier molecular flexibility index (Phi) is 4.52. The van der Waals surface area contributed by atoms with Crippen LogP contribution in [0.1, 0.15) is 32.0 Å². The topological polar surface area (TPSA) is 83.0 Å². The fourth-order valence-corrected chi connectivity index (χ4v) is 2.11. The average Bonchev–Trinajstić information content (AvgIpc) is 2.37. The summed E-state index contributed by atoms with van der Waals surface area (Å²) in [5.74, 6) is 0.359. The molecule has 6 nitrogen and oxygen atoms in total. The molecule has 2 aromatic rings. The normalized spacial score (nSPS) is 11.8. The van der Waals surface area contributed by atoms with E-state index < -0.39 is 5.69 Å². The summed E-state index contributed by atoms with van der Waals surface area (Å²) in [6.07, 6.45) is 1.65. The number of nitrogens with zero attached hydrogens (tertiary/aromatic N) is 3. The summed E-state index contributed by atoms with van der Waals surface area (Å²) in [5, 5.41) is 10.5. The van der Waals surface area contributed by atoms with Gasteiger partial charge in [-0.2, -0.15) is 15.2 Å². The number of rotatable bonds is 3. The highest BCUT2D eigenvalue weighted by atomic mass is 79.9. The predicted octanol–water partition coefficient (Wildman–Crippen LogP) is 2.67. The third-order valence-electron chi connectivity index (χ3n) is 2.64. The number of hydrogen-bond acceptors (Lipinski definition) is 5. The van der Waals surface area contributed by atoms with E-state index in [9.17, 15) is 4.79 Å². The second-order valence-electron chi connectivity index (χ2n) is 5.51. The minimum atomic E-state index is -0.511. The molecule has 110 valence electrons. The van der Waals surface area contributed by atoms with Gasteiger partial charge in [0, 0.05) is 9.89 Å². The van der Waals surface area contributed by atoms with Crippen LogP contribution in [-0.2, 0) is 5.41 Å². The van der Waals surface area contributed by atoms with Crippen LogP contribution in [0.2, 0.25) is 0 Å². The average molecular weight is 350 g/mol. The third-order valence-corrected chi connectivity index (χ3v) is 3.14. The van der Waals surface area contributed by atoms with Gasteiger partial charge in [-0.1, -0.05) is 48.8 Å². The van der Waals surface area contributed by atoms with Gasteiger partial charge in [0.25, 0.3) is 0 Å². The van der Waals surface area contributed by atoms with Gasteiger partial charge in [0.2, 0.25) is 0 Å². The second-order valence-corrected chi connectivity index (χ2v) is 6.43. The molecule has 0 spiro atoms. The van der Waals surface area contributed by atoms with Gasteiger partial charge in [-0.25, -0.2) is 9.89 Å². The molecule has 2 rings (SSSR count). The molecule has 21 heavy (non-hydrogen) atoms. The number of aromatic nitrogens is 3. The first kappa shape index (κ1) is 15.4. The Hall–Kier alpha value is -2.02. The van der Waals surface area contributed by atoms with Crippen molar-refractivity contribution in [3.8, 4) is 0 Å². The maximum atomic E-state index is 11.3. The highest BCUT2D eigenvalue weighted by Gasteiger charge is 2.21. The summed E-state index contributed by atoms with van der Waals surface area (Å²) < 4.78 is 0.970. The molecule has 1 aromatic carbocycles. The number of aromatic amines is 1. The molecule has 7 heteroatoms. The van der Waals surface area contributed by atoms with Crippen molar-refractivity contribution in [3.63, 3.8) is 0 Å². The lowest BCUT2D eigenvalue weighted by molar-refractivity contribution is 0.553. The molecular formula is C14H16BrN5O. The Morgan fingerprint density at radius 2 is 2.14 bits per heavy atom. The van der Waals surface area contributed by atoms with Crippen molar-refractivity contribution >= 4 is 28.0 Å². The van der Waals surface area contributed by atoms with Gasteiger partial charge in [0.15, 0.2) is 5.82 Å². The van der Waals surface area contributed by atoms with Crippen molar-refractivity contribution in [1.29, 1.82) is 0 Å². The largest absolute Gasteiger partial charge is 0.363 e. The van der Waals surface area contributed by atoms with E-state index in [0.717, 1.165) is 10.0 Å². The summed E-state index contributed by atoms with van der Waals surface area (Å²) in [6, 6.07) is 7.70. The maximum Gasteiger partial charge on any atom is 0.363 e. The molecule has 0 aliphatic heterocycles. The fourth-order valence-electron chi connectivity index (χ4n) is 1.69. The van der Waals surface area contributed by atoms with Gasteiger partial charge < -0.3 is 0 Å². The maximum absolute atomic E-state index is 11.3. The van der Waals surface area contributed by atoms with Gasteiger partial charge in [-0.15, -0.1) is 0 Å². The van der Waals surface area contributed by atoms with Crippen molar-refractivity contribution < 1.29 is 0 Å². The molecule has 0 radical (unpaired) electrons. The van der Waals surface area contributed by atoms with Gasteiger partial charge >= 0.3 is 5.69 Å². The lowest BCUT2D eigenvalue weighted by Gasteiger charge is -2.18. The summed E-state index contributed by atoms with van der Waals surface area (Å²) in [6.45, 7) is 5.95. The summed E-state index contributed by atoms with van der Waals surface area (Å²) in [5.41, 5.74) is 3.59. The van der Waals surface area contributed by atoms with E-state index in [4.69, 9.17) is 0 Å². The number of halogens is 1. The fraction of sp³-hybridized carbons (Fsp3) is 0.286. The quantitative estimate of drug-likeness (QED) is 0.659. The van der Waals surface area contributed by atoms with E-state index >= 15 is 0 Å². The van der Waals surface area contributed by atoms with Crippen LogP contribution in [0, 0.1) is 0 Å². The number of nitrogens with one attached hydrogen (secondary N) is 2. The molecular weight excluding hydrogens is 334 g/mol.